The lowest BCUT2D eigenvalue weighted by Gasteiger charge is -2.32. The Balaban J connectivity index is 1.94. The van der Waals surface area contributed by atoms with Crippen LogP contribution in [0.3, 0.4) is 0 Å². The molecule has 1 aliphatic rings. The van der Waals surface area contributed by atoms with E-state index in [2.05, 4.69) is 9.27 Å². The number of aliphatic hydroxyl groups excluding tert-OH is 1. The highest BCUT2D eigenvalue weighted by Gasteiger charge is 2.25. The molecule has 2 rings (SSSR count). The monoisotopic (exact) mass is 287 g/mol. The molecule has 3 N–H and O–H groups in total. The second-order valence-electron chi connectivity index (χ2n) is 4.42. The number of hydrogen-bond donors (Lipinski definition) is 2. The molecule has 19 heavy (non-hydrogen) atoms. The Morgan fingerprint density at radius 2 is 2.21 bits per heavy atom. The molecule has 0 unspecified atom stereocenters. The number of anilines is 2. The Labute approximate surface area is 117 Å². The summed E-state index contributed by atoms with van der Waals surface area (Å²) in [5.41, 5.74) is 5.82. The molecule has 1 aromatic heterocycles. The number of nitrogens with two attached hydrogens (primary N) is 1. The first kappa shape index (κ1) is 14.4. The molecule has 1 fully saturated rings. The summed E-state index contributed by atoms with van der Waals surface area (Å²) in [7, 11) is 0. The van der Waals surface area contributed by atoms with E-state index in [1.807, 2.05) is 6.92 Å². The zero-order chi connectivity index (χ0) is 13.7. The predicted octanol–water partition coefficient (Wildman–Crippen LogP) is 1.10. The van der Waals surface area contributed by atoms with Crippen molar-refractivity contribution in [2.75, 3.05) is 43.5 Å². The molecular weight excluding hydrogens is 266 g/mol. The van der Waals surface area contributed by atoms with Gasteiger partial charge in [-0.15, -0.1) is 0 Å². The molecule has 6 nitrogen and oxygen atoms in total. The molecule has 0 bridgehead atoms. The van der Waals surface area contributed by atoms with Gasteiger partial charge in [0.05, 0.1) is 25.9 Å². The van der Waals surface area contributed by atoms with Gasteiger partial charge in [-0.25, -0.2) is 0 Å². The van der Waals surface area contributed by atoms with E-state index < -0.39 is 0 Å². The van der Waals surface area contributed by atoms with Crippen LogP contribution in [-0.4, -0.2) is 48.5 Å². The van der Waals surface area contributed by atoms with E-state index in [1.165, 1.54) is 11.5 Å². The van der Waals surface area contributed by atoms with Gasteiger partial charge < -0.3 is 25.2 Å². The Bertz CT molecular complexity index is 392. The minimum atomic E-state index is 0.0834. The topological polar surface area (TPSA) is 80.8 Å². The van der Waals surface area contributed by atoms with Crippen molar-refractivity contribution in [2.45, 2.75) is 25.9 Å². The first-order valence-electron chi connectivity index (χ1n) is 6.61. The third kappa shape index (κ3) is 3.49. The zero-order valence-corrected chi connectivity index (χ0v) is 12.0. The number of rotatable bonds is 6. The van der Waals surface area contributed by atoms with Gasteiger partial charge in [0, 0.05) is 13.1 Å². The van der Waals surface area contributed by atoms with Crippen molar-refractivity contribution in [2.24, 2.45) is 0 Å². The maximum atomic E-state index is 8.75. The Morgan fingerprint density at radius 1 is 1.47 bits per heavy atom. The summed E-state index contributed by atoms with van der Waals surface area (Å²) in [6, 6.07) is 0. The summed E-state index contributed by atoms with van der Waals surface area (Å²) < 4.78 is 15.3. The van der Waals surface area contributed by atoms with Crippen LogP contribution in [0.25, 0.3) is 0 Å². The Kier molecular flexibility index (Phi) is 5.24. The lowest BCUT2D eigenvalue weighted by molar-refractivity contribution is 0.0159. The Morgan fingerprint density at radius 3 is 2.84 bits per heavy atom. The van der Waals surface area contributed by atoms with E-state index in [4.69, 9.17) is 20.3 Å². The maximum Gasteiger partial charge on any atom is 0.197 e. The minimum Gasteiger partial charge on any atom is -0.487 e. The van der Waals surface area contributed by atoms with Crippen LogP contribution in [0.1, 0.15) is 19.8 Å². The SMILES string of the molecule is CCOc1c(N)nsc1N1CCC(OCCO)CC1. The van der Waals surface area contributed by atoms with Crippen molar-refractivity contribution in [1.29, 1.82) is 0 Å². The average Bonchev–Trinajstić information content (AvgIpc) is 2.79. The van der Waals surface area contributed by atoms with Crippen LogP contribution in [0.5, 0.6) is 5.75 Å². The fourth-order valence-electron chi connectivity index (χ4n) is 2.21. The molecule has 2 heterocycles. The molecule has 0 atom stereocenters. The van der Waals surface area contributed by atoms with E-state index in [9.17, 15) is 0 Å². The number of hydrogen-bond acceptors (Lipinski definition) is 7. The van der Waals surface area contributed by atoms with Crippen LogP contribution >= 0.6 is 11.5 Å². The predicted molar refractivity (Wildman–Crippen MR) is 76.0 cm³/mol. The van der Waals surface area contributed by atoms with Gasteiger partial charge in [0.1, 0.15) is 0 Å². The summed E-state index contributed by atoms with van der Waals surface area (Å²) >= 11 is 1.39. The lowest BCUT2D eigenvalue weighted by Crippen LogP contribution is -2.37. The quantitative estimate of drug-likeness (QED) is 0.815. The lowest BCUT2D eigenvalue weighted by atomic mass is 10.1. The minimum absolute atomic E-state index is 0.0834. The maximum absolute atomic E-state index is 8.75. The summed E-state index contributed by atoms with van der Waals surface area (Å²) in [6.07, 6.45) is 2.14. The molecule has 0 radical (unpaired) electrons. The molecule has 1 saturated heterocycles. The number of aliphatic hydroxyl groups is 1. The molecule has 1 aliphatic heterocycles. The van der Waals surface area contributed by atoms with Crippen LogP contribution in [0.2, 0.25) is 0 Å². The molecular formula is C12H21N3O3S. The van der Waals surface area contributed by atoms with Crippen LogP contribution < -0.4 is 15.4 Å². The summed E-state index contributed by atoms with van der Waals surface area (Å²) in [5.74, 6) is 1.18. The van der Waals surface area contributed by atoms with Crippen LogP contribution in [0, 0.1) is 0 Å². The van der Waals surface area contributed by atoms with Gasteiger partial charge in [0.2, 0.25) is 0 Å². The van der Waals surface area contributed by atoms with E-state index >= 15 is 0 Å². The van der Waals surface area contributed by atoms with E-state index in [0.717, 1.165) is 30.9 Å². The number of piperidine rings is 1. The molecule has 0 aliphatic carbocycles. The summed E-state index contributed by atoms with van der Waals surface area (Å²) in [4.78, 5) is 2.25. The number of aromatic nitrogens is 1. The van der Waals surface area contributed by atoms with Crippen molar-refractivity contribution in [3.63, 3.8) is 0 Å². The van der Waals surface area contributed by atoms with Crippen molar-refractivity contribution < 1.29 is 14.6 Å². The van der Waals surface area contributed by atoms with Gasteiger partial charge in [0.25, 0.3) is 0 Å². The highest BCUT2D eigenvalue weighted by atomic mass is 32.1. The van der Waals surface area contributed by atoms with Crippen molar-refractivity contribution in [1.82, 2.24) is 4.37 Å². The number of nitrogens with zero attached hydrogens (tertiary/aromatic N) is 2. The molecule has 7 heteroatoms. The number of ether oxygens (including phenoxy) is 2. The fraction of sp³-hybridized carbons (Fsp3) is 0.750. The molecule has 108 valence electrons. The van der Waals surface area contributed by atoms with Crippen LogP contribution in [-0.2, 0) is 4.74 Å². The van der Waals surface area contributed by atoms with Gasteiger partial charge in [-0.1, -0.05) is 0 Å². The van der Waals surface area contributed by atoms with Gasteiger partial charge in [0.15, 0.2) is 16.6 Å². The highest BCUT2D eigenvalue weighted by molar-refractivity contribution is 7.11. The summed E-state index contributed by atoms with van der Waals surface area (Å²) in [6.45, 7) is 4.83. The van der Waals surface area contributed by atoms with Gasteiger partial charge in [-0.2, -0.15) is 4.37 Å². The first-order valence-corrected chi connectivity index (χ1v) is 7.39. The second kappa shape index (κ2) is 6.93. The third-order valence-corrected chi connectivity index (χ3v) is 4.02. The molecule has 0 amide bonds. The van der Waals surface area contributed by atoms with Crippen LogP contribution in [0.4, 0.5) is 10.8 Å². The smallest absolute Gasteiger partial charge is 0.197 e. The highest BCUT2D eigenvalue weighted by Crippen LogP contribution is 2.39. The molecule has 0 spiro atoms. The van der Waals surface area contributed by atoms with Gasteiger partial charge in [-0.3, -0.25) is 0 Å². The number of nitrogen functional groups attached to an aromatic ring is 1. The summed E-state index contributed by atoms with van der Waals surface area (Å²) in [5, 5.41) is 9.77. The normalized spacial score (nSPS) is 16.8. The van der Waals surface area contributed by atoms with Gasteiger partial charge >= 0.3 is 0 Å². The first-order chi connectivity index (χ1) is 9.26. The molecule has 0 aromatic carbocycles. The fourth-order valence-corrected chi connectivity index (χ4v) is 3.02. The molecule has 0 saturated carbocycles. The zero-order valence-electron chi connectivity index (χ0n) is 11.2. The van der Waals surface area contributed by atoms with E-state index in [-0.39, 0.29) is 12.7 Å². The van der Waals surface area contributed by atoms with Crippen molar-refractivity contribution in [3.8, 4) is 5.75 Å². The standard InChI is InChI=1S/C12H21N3O3S/c1-2-17-10-11(13)14-19-12(10)15-5-3-9(4-6-15)18-8-7-16/h9,16H,2-8H2,1H3,(H2,13,14). The van der Waals surface area contributed by atoms with Crippen molar-refractivity contribution >= 4 is 22.4 Å². The van der Waals surface area contributed by atoms with Crippen LogP contribution in [0.15, 0.2) is 0 Å². The van der Waals surface area contributed by atoms with Crippen molar-refractivity contribution in [3.05, 3.63) is 0 Å². The van der Waals surface area contributed by atoms with E-state index in [1.54, 1.807) is 0 Å². The Hall–Kier alpha value is -1.05. The van der Waals surface area contributed by atoms with E-state index in [0.29, 0.717) is 24.8 Å². The van der Waals surface area contributed by atoms with Gasteiger partial charge in [-0.05, 0) is 31.3 Å². The average molecular weight is 287 g/mol. The third-order valence-electron chi connectivity index (χ3n) is 3.12. The molecule has 1 aromatic rings. The second-order valence-corrected chi connectivity index (χ2v) is 5.17. The largest absolute Gasteiger partial charge is 0.487 e.